The number of aliphatic hydroxyl groups is 1. The molecule has 0 saturated carbocycles. The van der Waals surface area contributed by atoms with Crippen LogP contribution >= 0.6 is 0 Å². The minimum Gasteiger partial charge on any atom is -0.530 e. The lowest BCUT2D eigenvalue weighted by molar-refractivity contribution is -0.264. The number of amides is 1. The molecule has 0 rings (SSSR count). The summed E-state index contributed by atoms with van der Waals surface area (Å²) in [5.74, 6) is 0. The number of carbonyl (C=O) groups is 1. The summed E-state index contributed by atoms with van der Waals surface area (Å²) in [5.41, 5.74) is 0. The molecule has 0 aromatic heterocycles. The molecule has 0 atom stereocenters. The number of carbonyl (C=O) groups excluding carboxylic acids is 1. The normalized spacial score (nSPS) is 8.75. The largest absolute Gasteiger partial charge is 0.530 e. The smallest absolute Gasteiger partial charge is 0.136 e. The van der Waals surface area contributed by atoms with E-state index >= 15 is 0 Å². The van der Waals surface area contributed by atoms with Crippen molar-refractivity contribution in [1.29, 1.82) is 0 Å². The van der Waals surface area contributed by atoms with Crippen LogP contribution in [-0.4, -0.2) is 36.3 Å². The lowest BCUT2D eigenvalue weighted by Gasteiger charge is -2.16. The Morgan fingerprint density at radius 1 is 1.88 bits per heavy atom. The average molecular weight is 118 g/mol. The molecule has 0 spiro atoms. The van der Waals surface area contributed by atoms with Crippen LogP contribution < -0.4 is 5.11 Å². The zero-order chi connectivity index (χ0) is 6.57. The zero-order valence-corrected chi connectivity index (χ0v) is 4.63. The van der Waals surface area contributed by atoms with Gasteiger partial charge in [-0.3, -0.25) is 0 Å². The molecule has 0 aromatic carbocycles. The van der Waals surface area contributed by atoms with Gasteiger partial charge in [0.2, 0.25) is 0 Å². The van der Waals surface area contributed by atoms with E-state index < -0.39 is 6.09 Å². The second kappa shape index (κ2) is 3.26. The molecule has 0 fully saturated rings. The molecule has 1 N–H and O–H groups in total. The molecule has 0 aromatic rings. The van der Waals surface area contributed by atoms with E-state index in [1.807, 2.05) is 0 Å². The number of nitrogens with zero attached hydrogens (tertiary/aromatic N) is 1. The fourth-order valence-corrected chi connectivity index (χ4v) is 0.241. The summed E-state index contributed by atoms with van der Waals surface area (Å²) in [6, 6.07) is 0. The Morgan fingerprint density at radius 3 is 2.50 bits per heavy atom. The highest BCUT2D eigenvalue weighted by Gasteiger charge is 1.91. The van der Waals surface area contributed by atoms with Crippen LogP contribution in [0.1, 0.15) is 0 Å². The topological polar surface area (TPSA) is 63.6 Å². The number of carboxylic acid groups (broad SMARTS) is 1. The van der Waals surface area contributed by atoms with Crippen molar-refractivity contribution in [3.8, 4) is 0 Å². The monoisotopic (exact) mass is 118 g/mol. The van der Waals surface area contributed by atoms with Gasteiger partial charge in [0, 0.05) is 13.6 Å². The van der Waals surface area contributed by atoms with Gasteiger partial charge in [-0.2, -0.15) is 0 Å². The second-order valence-corrected chi connectivity index (χ2v) is 1.41. The summed E-state index contributed by atoms with van der Waals surface area (Å²) in [4.78, 5) is 10.7. The lowest BCUT2D eigenvalue weighted by Crippen LogP contribution is -2.39. The van der Waals surface area contributed by atoms with Crippen LogP contribution in [0.3, 0.4) is 0 Å². The Balaban J connectivity index is 3.32. The van der Waals surface area contributed by atoms with E-state index in [1.54, 1.807) is 0 Å². The molecule has 0 unspecified atom stereocenters. The maximum Gasteiger partial charge on any atom is 0.136 e. The van der Waals surface area contributed by atoms with Crippen LogP contribution in [0, 0.1) is 0 Å². The van der Waals surface area contributed by atoms with E-state index in [0.29, 0.717) is 0 Å². The quantitative estimate of drug-likeness (QED) is 0.468. The third-order valence-corrected chi connectivity index (χ3v) is 0.747. The van der Waals surface area contributed by atoms with Crippen LogP contribution in [0.5, 0.6) is 0 Å². The molecule has 48 valence electrons. The molecule has 0 aliphatic heterocycles. The van der Waals surface area contributed by atoms with Crippen molar-refractivity contribution < 1.29 is 15.0 Å². The average Bonchev–Trinajstić information content (AvgIpc) is 1.67. The van der Waals surface area contributed by atoms with Crippen molar-refractivity contribution in [2.75, 3.05) is 20.2 Å². The summed E-state index contributed by atoms with van der Waals surface area (Å²) in [7, 11) is 1.34. The summed E-state index contributed by atoms with van der Waals surface area (Å²) in [6.07, 6.45) is -1.26. The number of hydrogen-bond acceptors (Lipinski definition) is 3. The fraction of sp³-hybridized carbons (Fsp3) is 0.750. The van der Waals surface area contributed by atoms with Gasteiger partial charge in [-0.25, -0.2) is 0 Å². The molecule has 0 aliphatic carbocycles. The van der Waals surface area contributed by atoms with Crippen LogP contribution in [0.2, 0.25) is 0 Å². The highest BCUT2D eigenvalue weighted by molar-refractivity contribution is 5.61. The van der Waals surface area contributed by atoms with Gasteiger partial charge in [-0.15, -0.1) is 0 Å². The first-order valence-electron chi connectivity index (χ1n) is 2.21. The molecule has 0 radical (unpaired) electrons. The predicted molar refractivity (Wildman–Crippen MR) is 25.1 cm³/mol. The Hall–Kier alpha value is -0.770. The van der Waals surface area contributed by atoms with E-state index in [2.05, 4.69) is 0 Å². The van der Waals surface area contributed by atoms with E-state index in [0.717, 1.165) is 4.90 Å². The first kappa shape index (κ1) is 7.23. The van der Waals surface area contributed by atoms with Gasteiger partial charge in [-0.05, 0) is 0 Å². The maximum absolute atomic E-state index is 9.79. The maximum atomic E-state index is 9.79. The molecule has 1 amide bonds. The van der Waals surface area contributed by atoms with E-state index in [1.165, 1.54) is 7.05 Å². The van der Waals surface area contributed by atoms with Gasteiger partial charge in [-0.1, -0.05) is 0 Å². The standard InChI is InChI=1S/C4H9NO3/c1-5(2-3-6)4(7)8/h6H,2-3H2,1H3,(H,7,8)/p-1. The Morgan fingerprint density at radius 2 is 2.38 bits per heavy atom. The van der Waals surface area contributed by atoms with Crippen molar-refractivity contribution in [3.05, 3.63) is 0 Å². The molecular formula is C4H8NO3-. The second-order valence-electron chi connectivity index (χ2n) is 1.41. The third kappa shape index (κ3) is 2.41. The number of rotatable bonds is 2. The van der Waals surface area contributed by atoms with Crippen molar-refractivity contribution in [2.45, 2.75) is 0 Å². The summed E-state index contributed by atoms with van der Waals surface area (Å²) in [5, 5.41) is 17.9. The molecule has 4 heteroatoms. The number of likely N-dealkylation sites (N-methyl/N-ethyl adjacent to an activating group) is 1. The van der Waals surface area contributed by atoms with Crippen LogP contribution in [0.15, 0.2) is 0 Å². The van der Waals surface area contributed by atoms with Gasteiger partial charge < -0.3 is 19.9 Å². The first-order chi connectivity index (χ1) is 3.68. The van der Waals surface area contributed by atoms with Crippen LogP contribution in [0.4, 0.5) is 4.79 Å². The summed E-state index contributed by atoms with van der Waals surface area (Å²) < 4.78 is 0. The number of aliphatic hydroxyl groups excluding tert-OH is 1. The van der Waals surface area contributed by atoms with Crippen LogP contribution in [0.25, 0.3) is 0 Å². The lowest BCUT2D eigenvalue weighted by atomic mass is 10.6. The van der Waals surface area contributed by atoms with E-state index in [4.69, 9.17) is 5.11 Å². The SMILES string of the molecule is CN(CCO)C(=O)[O-]. The van der Waals surface area contributed by atoms with Gasteiger partial charge in [0.05, 0.1) is 6.61 Å². The molecule has 8 heavy (non-hydrogen) atoms. The zero-order valence-electron chi connectivity index (χ0n) is 4.63. The third-order valence-electron chi connectivity index (χ3n) is 0.747. The minimum absolute atomic E-state index is 0.113. The van der Waals surface area contributed by atoms with E-state index in [9.17, 15) is 9.90 Å². The number of hydrogen-bond donors (Lipinski definition) is 1. The van der Waals surface area contributed by atoms with Gasteiger partial charge in [0.15, 0.2) is 0 Å². The molecule has 0 heterocycles. The van der Waals surface area contributed by atoms with Gasteiger partial charge >= 0.3 is 0 Å². The summed E-state index contributed by atoms with van der Waals surface area (Å²) in [6.45, 7) is -0.0488. The molecule has 0 bridgehead atoms. The van der Waals surface area contributed by atoms with Crippen molar-refractivity contribution in [3.63, 3.8) is 0 Å². The molecule has 0 aliphatic rings. The molecular weight excluding hydrogens is 110 g/mol. The van der Waals surface area contributed by atoms with Crippen molar-refractivity contribution in [2.24, 2.45) is 0 Å². The van der Waals surface area contributed by atoms with E-state index in [-0.39, 0.29) is 13.2 Å². The highest BCUT2D eigenvalue weighted by atomic mass is 16.4. The predicted octanol–water partition coefficient (Wildman–Crippen LogP) is -1.75. The first-order valence-corrected chi connectivity index (χ1v) is 2.21. The Kier molecular flexibility index (Phi) is 2.95. The van der Waals surface area contributed by atoms with Crippen LogP contribution in [-0.2, 0) is 0 Å². The molecule has 4 nitrogen and oxygen atoms in total. The Bertz CT molecular complexity index is 83.4. The van der Waals surface area contributed by atoms with Gasteiger partial charge in [0.25, 0.3) is 0 Å². The molecule has 0 saturated heterocycles. The highest BCUT2D eigenvalue weighted by Crippen LogP contribution is 1.75. The minimum atomic E-state index is -1.26. The fourth-order valence-electron chi connectivity index (χ4n) is 0.241. The van der Waals surface area contributed by atoms with Crippen molar-refractivity contribution >= 4 is 6.09 Å². The Labute approximate surface area is 47.3 Å². The summed E-state index contributed by atoms with van der Waals surface area (Å²) >= 11 is 0. The van der Waals surface area contributed by atoms with Crippen molar-refractivity contribution in [1.82, 2.24) is 4.90 Å². The van der Waals surface area contributed by atoms with Gasteiger partial charge in [0.1, 0.15) is 6.09 Å².